The lowest BCUT2D eigenvalue weighted by molar-refractivity contribution is -0.385. The number of hydrogen-bond acceptors (Lipinski definition) is 4. The van der Waals surface area contributed by atoms with Gasteiger partial charge in [0.2, 0.25) is 0 Å². The summed E-state index contributed by atoms with van der Waals surface area (Å²) in [5, 5.41) is 28.0. The van der Waals surface area contributed by atoms with Gasteiger partial charge < -0.3 is 10.2 Å². The lowest BCUT2D eigenvalue weighted by atomic mass is 10.1. The standard InChI is InChI=1S/C8H5Cl2NO5/c9-4-2-1-3(7(12)8(13)14)6(5(4)10)11(15)16/h1-2,7,12H,(H,13,14). The maximum atomic E-state index is 10.7. The third-order valence-electron chi connectivity index (χ3n) is 1.81. The molecule has 0 fully saturated rings. The second-order valence-electron chi connectivity index (χ2n) is 2.80. The average Bonchev–Trinajstić information content (AvgIpc) is 2.20. The normalized spacial score (nSPS) is 12.2. The first-order chi connectivity index (χ1) is 7.36. The van der Waals surface area contributed by atoms with Gasteiger partial charge >= 0.3 is 5.97 Å². The van der Waals surface area contributed by atoms with Crippen LogP contribution in [-0.2, 0) is 4.79 Å². The number of nitro benzene ring substituents is 1. The zero-order chi connectivity index (χ0) is 12.5. The molecule has 0 aliphatic carbocycles. The van der Waals surface area contributed by atoms with Crippen LogP contribution in [0.3, 0.4) is 0 Å². The first-order valence-corrected chi connectivity index (χ1v) is 4.65. The molecule has 0 spiro atoms. The van der Waals surface area contributed by atoms with E-state index in [9.17, 15) is 20.0 Å². The van der Waals surface area contributed by atoms with E-state index in [0.717, 1.165) is 6.07 Å². The quantitative estimate of drug-likeness (QED) is 0.643. The molecule has 0 amide bonds. The van der Waals surface area contributed by atoms with Gasteiger partial charge in [0, 0.05) is 0 Å². The average molecular weight is 266 g/mol. The van der Waals surface area contributed by atoms with Crippen LogP contribution in [0.2, 0.25) is 10.0 Å². The number of aliphatic hydroxyl groups excluding tert-OH is 1. The Hall–Kier alpha value is -1.37. The molecule has 2 N–H and O–H groups in total. The minimum atomic E-state index is -2.02. The van der Waals surface area contributed by atoms with E-state index in [0.29, 0.717) is 0 Å². The highest BCUT2D eigenvalue weighted by Crippen LogP contribution is 2.37. The third-order valence-corrected chi connectivity index (χ3v) is 2.61. The Bertz CT molecular complexity index is 462. The molecule has 0 saturated heterocycles. The van der Waals surface area contributed by atoms with Crippen LogP contribution in [0.4, 0.5) is 5.69 Å². The molecular weight excluding hydrogens is 261 g/mol. The summed E-state index contributed by atoms with van der Waals surface area (Å²) in [6.45, 7) is 0. The number of halogens is 2. The number of hydrogen-bond donors (Lipinski definition) is 2. The molecule has 8 heteroatoms. The second kappa shape index (κ2) is 4.65. The number of nitro groups is 1. The van der Waals surface area contributed by atoms with Gasteiger partial charge in [0.1, 0.15) is 5.02 Å². The van der Waals surface area contributed by atoms with Gasteiger partial charge in [-0.25, -0.2) is 4.79 Å². The maximum Gasteiger partial charge on any atom is 0.337 e. The predicted molar refractivity (Wildman–Crippen MR) is 55.7 cm³/mol. The molecule has 0 saturated carbocycles. The van der Waals surface area contributed by atoms with Crippen molar-refractivity contribution in [2.45, 2.75) is 6.10 Å². The van der Waals surface area contributed by atoms with Gasteiger partial charge in [-0.2, -0.15) is 0 Å². The topological polar surface area (TPSA) is 101 Å². The summed E-state index contributed by atoms with van der Waals surface area (Å²) >= 11 is 11.1. The van der Waals surface area contributed by atoms with Crippen LogP contribution in [0.5, 0.6) is 0 Å². The Balaban J connectivity index is 3.46. The molecule has 1 rings (SSSR count). The Kier molecular flexibility index (Phi) is 3.69. The Morgan fingerprint density at radius 3 is 2.44 bits per heavy atom. The van der Waals surface area contributed by atoms with Crippen LogP contribution in [0.1, 0.15) is 11.7 Å². The van der Waals surface area contributed by atoms with Gasteiger partial charge in [-0.15, -0.1) is 0 Å². The summed E-state index contributed by atoms with van der Waals surface area (Å²) < 4.78 is 0. The number of carboxylic acids is 1. The second-order valence-corrected chi connectivity index (χ2v) is 3.58. The van der Waals surface area contributed by atoms with Crippen molar-refractivity contribution in [1.29, 1.82) is 0 Å². The van der Waals surface area contributed by atoms with Crippen LogP contribution in [-0.4, -0.2) is 21.1 Å². The summed E-state index contributed by atoms with van der Waals surface area (Å²) in [5.74, 6) is -1.61. The van der Waals surface area contributed by atoms with Crippen LogP contribution < -0.4 is 0 Å². The highest BCUT2D eigenvalue weighted by atomic mass is 35.5. The molecule has 0 radical (unpaired) electrons. The minimum absolute atomic E-state index is 0.0882. The molecule has 1 aromatic rings. The lowest BCUT2D eigenvalue weighted by Gasteiger charge is -2.08. The van der Waals surface area contributed by atoms with E-state index in [-0.39, 0.29) is 5.02 Å². The number of rotatable bonds is 3. The highest BCUT2D eigenvalue weighted by molar-refractivity contribution is 6.43. The zero-order valence-corrected chi connectivity index (χ0v) is 9.07. The van der Waals surface area contributed by atoms with E-state index in [1.165, 1.54) is 6.07 Å². The fourth-order valence-corrected chi connectivity index (χ4v) is 1.49. The fraction of sp³-hybridized carbons (Fsp3) is 0.125. The monoisotopic (exact) mass is 265 g/mol. The van der Waals surface area contributed by atoms with Gasteiger partial charge in [-0.05, 0) is 12.1 Å². The SMILES string of the molecule is O=C(O)C(O)c1ccc(Cl)c(Cl)c1[N+](=O)[O-]. The van der Waals surface area contributed by atoms with Crippen LogP contribution in [0.25, 0.3) is 0 Å². The van der Waals surface area contributed by atoms with Crippen molar-refractivity contribution in [2.75, 3.05) is 0 Å². The van der Waals surface area contributed by atoms with E-state index in [4.69, 9.17) is 28.3 Å². The van der Waals surface area contributed by atoms with Gasteiger partial charge in [-0.3, -0.25) is 10.1 Å². The zero-order valence-electron chi connectivity index (χ0n) is 7.55. The summed E-state index contributed by atoms with van der Waals surface area (Å²) in [5.41, 5.74) is -1.11. The van der Waals surface area contributed by atoms with Gasteiger partial charge in [0.05, 0.1) is 15.5 Å². The summed E-state index contributed by atoms with van der Waals surface area (Å²) in [7, 11) is 0. The molecule has 16 heavy (non-hydrogen) atoms. The number of aliphatic carboxylic acids is 1. The Labute approximate surface area is 99.2 Å². The largest absolute Gasteiger partial charge is 0.479 e. The smallest absolute Gasteiger partial charge is 0.337 e. The van der Waals surface area contributed by atoms with Crippen LogP contribution in [0, 0.1) is 10.1 Å². The number of carboxylic acid groups (broad SMARTS) is 1. The molecule has 1 aromatic carbocycles. The van der Waals surface area contributed by atoms with Crippen molar-refractivity contribution >= 4 is 34.9 Å². The highest BCUT2D eigenvalue weighted by Gasteiger charge is 2.29. The fourth-order valence-electron chi connectivity index (χ4n) is 1.09. The van der Waals surface area contributed by atoms with Crippen molar-refractivity contribution in [3.8, 4) is 0 Å². The molecule has 1 atom stereocenters. The maximum absolute atomic E-state index is 10.7. The summed E-state index contributed by atoms with van der Waals surface area (Å²) in [6, 6.07) is 2.23. The molecule has 86 valence electrons. The molecule has 0 aliphatic rings. The van der Waals surface area contributed by atoms with Gasteiger partial charge in [0.15, 0.2) is 6.10 Å². The first-order valence-electron chi connectivity index (χ1n) is 3.89. The summed E-state index contributed by atoms with van der Waals surface area (Å²) in [4.78, 5) is 20.3. The van der Waals surface area contributed by atoms with Crippen molar-refractivity contribution in [3.05, 3.63) is 37.9 Å². The first kappa shape index (κ1) is 12.7. The number of aliphatic hydroxyl groups is 1. The molecular formula is C8H5Cl2NO5. The number of nitrogens with zero attached hydrogens (tertiary/aromatic N) is 1. The van der Waals surface area contributed by atoms with Gasteiger partial charge in [-0.1, -0.05) is 23.2 Å². The van der Waals surface area contributed by atoms with Crippen molar-refractivity contribution in [1.82, 2.24) is 0 Å². The third kappa shape index (κ3) is 2.24. The van der Waals surface area contributed by atoms with E-state index in [2.05, 4.69) is 0 Å². The predicted octanol–water partition coefficient (Wildman–Crippen LogP) is 2.02. The van der Waals surface area contributed by atoms with E-state index < -0.39 is 33.3 Å². The van der Waals surface area contributed by atoms with Crippen LogP contribution >= 0.6 is 23.2 Å². The molecule has 0 aromatic heterocycles. The van der Waals surface area contributed by atoms with Crippen LogP contribution in [0.15, 0.2) is 12.1 Å². The molecule has 0 bridgehead atoms. The Morgan fingerprint density at radius 2 is 2.00 bits per heavy atom. The lowest BCUT2D eigenvalue weighted by Crippen LogP contribution is -2.12. The van der Waals surface area contributed by atoms with Gasteiger partial charge in [0.25, 0.3) is 5.69 Å². The molecule has 1 unspecified atom stereocenters. The number of benzene rings is 1. The minimum Gasteiger partial charge on any atom is -0.479 e. The molecule has 0 heterocycles. The molecule has 0 aliphatic heterocycles. The summed E-state index contributed by atoms with van der Waals surface area (Å²) in [6.07, 6.45) is -2.02. The van der Waals surface area contributed by atoms with Crippen molar-refractivity contribution in [2.24, 2.45) is 0 Å². The van der Waals surface area contributed by atoms with Crippen molar-refractivity contribution < 1.29 is 19.9 Å². The molecule has 6 nitrogen and oxygen atoms in total. The van der Waals surface area contributed by atoms with Crippen molar-refractivity contribution in [3.63, 3.8) is 0 Å². The number of carbonyl (C=O) groups is 1. The van der Waals surface area contributed by atoms with E-state index in [1.54, 1.807) is 0 Å². The Morgan fingerprint density at radius 1 is 1.44 bits per heavy atom. The van der Waals surface area contributed by atoms with E-state index in [1.807, 2.05) is 0 Å². The van der Waals surface area contributed by atoms with E-state index >= 15 is 0 Å².